The van der Waals surface area contributed by atoms with E-state index in [4.69, 9.17) is 5.11 Å². The molecule has 1 N–H and O–H groups in total. The number of Topliss-reactive ketones (excluding diaryl/α,β-unsaturated/α-hetero) is 1. The molecule has 0 heterocycles. The van der Waals surface area contributed by atoms with Crippen molar-refractivity contribution in [3.8, 4) is 0 Å². The van der Waals surface area contributed by atoms with Gasteiger partial charge in [0.1, 0.15) is 5.82 Å². The van der Waals surface area contributed by atoms with Crippen LogP contribution in [-0.2, 0) is 14.6 Å². The first-order valence-corrected chi connectivity index (χ1v) is 7.65. The summed E-state index contributed by atoms with van der Waals surface area (Å²) in [6.07, 6.45) is 2.34. The van der Waals surface area contributed by atoms with Crippen LogP contribution in [0.4, 0.5) is 4.39 Å². The minimum absolute atomic E-state index is 0.139. The second kappa shape index (κ2) is 5.07. The number of carbonyl (C=O) groups excluding carboxylic acids is 1. The number of carbonyl (C=O) groups is 2. The molecule has 0 aliphatic rings. The highest BCUT2D eigenvalue weighted by atomic mass is 32.2. The number of benzene rings is 1. The summed E-state index contributed by atoms with van der Waals surface area (Å²) in [4.78, 5) is 21.2. The molecule has 8 heteroatoms. The van der Waals surface area contributed by atoms with Gasteiger partial charge < -0.3 is 5.11 Å². The van der Waals surface area contributed by atoms with E-state index in [2.05, 4.69) is 0 Å². The van der Waals surface area contributed by atoms with Gasteiger partial charge in [0.05, 0.1) is 9.79 Å². The van der Waals surface area contributed by atoms with E-state index in [1.165, 1.54) is 6.26 Å². The summed E-state index contributed by atoms with van der Waals surface area (Å²) >= 11 is 0.865. The van der Waals surface area contributed by atoms with Crippen LogP contribution >= 0.6 is 11.8 Å². The molecule has 5 nitrogen and oxygen atoms in total. The van der Waals surface area contributed by atoms with Crippen LogP contribution in [0.5, 0.6) is 0 Å². The number of thioether (sulfide) groups is 1. The summed E-state index contributed by atoms with van der Waals surface area (Å²) in [6, 6.07) is 1.59. The molecule has 0 aromatic heterocycles. The Morgan fingerprint density at radius 1 is 1.33 bits per heavy atom. The average molecular weight is 292 g/mol. The second-order valence-corrected chi connectivity index (χ2v) is 6.20. The predicted molar refractivity (Wildman–Crippen MR) is 63.3 cm³/mol. The summed E-state index contributed by atoms with van der Waals surface area (Å²) in [5, 5.41) is 8.52. The third-order valence-corrected chi connectivity index (χ3v) is 4.14. The third kappa shape index (κ3) is 2.88. The molecule has 0 bridgehead atoms. The van der Waals surface area contributed by atoms with Crippen LogP contribution in [-0.4, -0.2) is 37.8 Å². The van der Waals surface area contributed by atoms with Gasteiger partial charge in [0, 0.05) is 11.8 Å². The van der Waals surface area contributed by atoms with Gasteiger partial charge in [0.2, 0.25) is 0 Å². The van der Waals surface area contributed by atoms with Gasteiger partial charge >= 0.3 is 5.97 Å². The molecule has 0 saturated heterocycles. The molecular formula is C10H9FO5S2. The highest BCUT2D eigenvalue weighted by molar-refractivity contribution is 7.99. The minimum atomic E-state index is -3.76. The first-order chi connectivity index (χ1) is 8.18. The average Bonchev–Trinajstić information content (AvgIpc) is 2.25. The zero-order valence-electron chi connectivity index (χ0n) is 9.43. The highest BCUT2D eigenvalue weighted by Gasteiger charge is 2.23. The number of rotatable bonds is 4. The Kier molecular flexibility index (Phi) is 4.12. The van der Waals surface area contributed by atoms with Gasteiger partial charge in [-0.2, -0.15) is 0 Å². The SMILES string of the molecule is CSc1c(F)cc(C(=O)C(=O)O)cc1S(C)(=O)=O. The fraction of sp³-hybridized carbons (Fsp3) is 0.200. The van der Waals surface area contributed by atoms with Crippen molar-refractivity contribution >= 4 is 33.4 Å². The molecule has 0 aliphatic carbocycles. The van der Waals surface area contributed by atoms with Gasteiger partial charge in [-0.1, -0.05) is 0 Å². The normalized spacial score (nSPS) is 11.3. The molecule has 0 aliphatic heterocycles. The second-order valence-electron chi connectivity index (χ2n) is 3.40. The van der Waals surface area contributed by atoms with Crippen LogP contribution < -0.4 is 0 Å². The largest absolute Gasteiger partial charge is 0.475 e. The van der Waals surface area contributed by atoms with E-state index < -0.39 is 33.0 Å². The molecule has 0 fully saturated rings. The number of hydrogen-bond acceptors (Lipinski definition) is 5. The summed E-state index contributed by atoms with van der Waals surface area (Å²) < 4.78 is 36.6. The Balaban J connectivity index is 3.60. The molecule has 0 saturated carbocycles. The van der Waals surface area contributed by atoms with E-state index >= 15 is 0 Å². The minimum Gasteiger partial charge on any atom is -0.475 e. The lowest BCUT2D eigenvalue weighted by Gasteiger charge is -2.08. The van der Waals surface area contributed by atoms with E-state index in [1.807, 2.05) is 0 Å². The Hall–Kier alpha value is -1.41. The van der Waals surface area contributed by atoms with Gasteiger partial charge in [-0.25, -0.2) is 17.6 Å². The standard InChI is InChI=1S/C10H9FO5S2/c1-17-9-6(11)3-5(8(12)10(13)14)4-7(9)18(2,15)16/h3-4H,1-2H3,(H,13,14). The molecule has 0 amide bonds. The van der Waals surface area contributed by atoms with Crippen LogP contribution in [0.15, 0.2) is 21.9 Å². The van der Waals surface area contributed by atoms with Gasteiger partial charge in [-0.05, 0) is 18.4 Å². The maximum absolute atomic E-state index is 13.6. The lowest BCUT2D eigenvalue weighted by molar-refractivity contribution is -0.131. The lowest BCUT2D eigenvalue weighted by Crippen LogP contribution is -2.14. The molecule has 98 valence electrons. The van der Waals surface area contributed by atoms with Crippen molar-refractivity contribution in [3.05, 3.63) is 23.5 Å². The number of ketones is 1. The highest BCUT2D eigenvalue weighted by Crippen LogP contribution is 2.29. The summed E-state index contributed by atoms with van der Waals surface area (Å²) in [7, 11) is -3.76. The summed E-state index contributed by atoms with van der Waals surface area (Å²) in [6.45, 7) is 0. The molecule has 18 heavy (non-hydrogen) atoms. The van der Waals surface area contributed by atoms with Crippen LogP contribution in [0.2, 0.25) is 0 Å². The number of sulfone groups is 1. The molecule has 0 atom stereocenters. The molecule has 1 aromatic rings. The first-order valence-electron chi connectivity index (χ1n) is 4.53. The maximum Gasteiger partial charge on any atom is 0.377 e. The van der Waals surface area contributed by atoms with Gasteiger partial charge in [-0.15, -0.1) is 11.8 Å². The molecule has 0 radical (unpaired) electrons. The number of hydrogen-bond donors (Lipinski definition) is 1. The van der Waals surface area contributed by atoms with Crippen LogP contribution in [0.1, 0.15) is 10.4 Å². The van der Waals surface area contributed by atoms with Crippen LogP contribution in [0, 0.1) is 5.82 Å². The summed E-state index contributed by atoms with van der Waals surface area (Å²) in [5.74, 6) is -4.06. The first kappa shape index (κ1) is 14.7. The topological polar surface area (TPSA) is 88.5 Å². The number of halogens is 1. The van der Waals surface area contributed by atoms with E-state index in [9.17, 15) is 22.4 Å². The van der Waals surface area contributed by atoms with Crippen molar-refractivity contribution in [1.29, 1.82) is 0 Å². The van der Waals surface area contributed by atoms with Crippen molar-refractivity contribution < 1.29 is 27.5 Å². The molecule has 0 unspecified atom stereocenters. The van der Waals surface area contributed by atoms with E-state index in [0.29, 0.717) is 0 Å². The van der Waals surface area contributed by atoms with E-state index in [0.717, 1.165) is 30.2 Å². The monoisotopic (exact) mass is 292 g/mol. The number of carboxylic acids is 1. The molecule has 1 rings (SSSR count). The predicted octanol–water partition coefficient (Wildman–Crippen LogP) is 1.22. The molecule has 1 aromatic carbocycles. The van der Waals surface area contributed by atoms with E-state index in [1.54, 1.807) is 0 Å². The Morgan fingerprint density at radius 2 is 1.89 bits per heavy atom. The zero-order chi connectivity index (χ0) is 14.1. The fourth-order valence-corrected chi connectivity index (χ4v) is 3.29. The van der Waals surface area contributed by atoms with Crippen LogP contribution in [0.3, 0.4) is 0 Å². The van der Waals surface area contributed by atoms with Gasteiger partial charge in [0.15, 0.2) is 9.84 Å². The van der Waals surface area contributed by atoms with Gasteiger partial charge in [0.25, 0.3) is 5.78 Å². The third-order valence-electron chi connectivity index (χ3n) is 2.07. The number of carboxylic acid groups (broad SMARTS) is 1. The molecular weight excluding hydrogens is 283 g/mol. The zero-order valence-corrected chi connectivity index (χ0v) is 11.1. The Bertz CT molecular complexity index is 621. The van der Waals surface area contributed by atoms with Crippen molar-refractivity contribution in [2.45, 2.75) is 9.79 Å². The van der Waals surface area contributed by atoms with Crippen molar-refractivity contribution in [1.82, 2.24) is 0 Å². The Morgan fingerprint density at radius 3 is 2.28 bits per heavy atom. The Labute approximate surface area is 107 Å². The van der Waals surface area contributed by atoms with Gasteiger partial charge in [-0.3, -0.25) is 4.79 Å². The summed E-state index contributed by atoms with van der Waals surface area (Å²) in [5.41, 5.74) is -0.502. The number of aliphatic carboxylic acids is 1. The van der Waals surface area contributed by atoms with Crippen LogP contribution in [0.25, 0.3) is 0 Å². The quantitative estimate of drug-likeness (QED) is 0.510. The molecule has 0 spiro atoms. The maximum atomic E-state index is 13.6. The van der Waals surface area contributed by atoms with Crippen molar-refractivity contribution in [2.75, 3.05) is 12.5 Å². The lowest BCUT2D eigenvalue weighted by atomic mass is 10.1. The van der Waals surface area contributed by atoms with E-state index in [-0.39, 0.29) is 9.79 Å². The van der Waals surface area contributed by atoms with Crippen molar-refractivity contribution in [2.24, 2.45) is 0 Å². The smallest absolute Gasteiger partial charge is 0.377 e. The van der Waals surface area contributed by atoms with Crippen molar-refractivity contribution in [3.63, 3.8) is 0 Å². The fourth-order valence-electron chi connectivity index (χ4n) is 1.30.